The van der Waals surface area contributed by atoms with Crippen LogP contribution in [0.5, 0.6) is 0 Å². The molecule has 0 radical (unpaired) electrons. The Morgan fingerprint density at radius 1 is 1.55 bits per heavy atom. The van der Waals surface area contributed by atoms with Gasteiger partial charge in [-0.05, 0) is 30.0 Å². The van der Waals surface area contributed by atoms with E-state index in [1.807, 2.05) is 18.4 Å². The quantitative estimate of drug-likeness (QED) is 0.720. The molecule has 3 heteroatoms. The summed E-state index contributed by atoms with van der Waals surface area (Å²) in [5.74, 6) is 0. The van der Waals surface area contributed by atoms with Crippen molar-refractivity contribution in [3.8, 4) is 0 Å². The summed E-state index contributed by atoms with van der Waals surface area (Å²) in [6.07, 6.45) is 1.97. The van der Waals surface area contributed by atoms with Gasteiger partial charge >= 0.3 is 0 Å². The van der Waals surface area contributed by atoms with Crippen molar-refractivity contribution in [3.63, 3.8) is 0 Å². The van der Waals surface area contributed by atoms with E-state index in [0.717, 1.165) is 10.5 Å². The van der Waals surface area contributed by atoms with E-state index < -0.39 is 0 Å². The van der Waals surface area contributed by atoms with Crippen molar-refractivity contribution in [2.45, 2.75) is 11.5 Å². The summed E-state index contributed by atoms with van der Waals surface area (Å²) in [6, 6.07) is 5.53. The summed E-state index contributed by atoms with van der Waals surface area (Å²) in [5.41, 5.74) is 0.894. The summed E-state index contributed by atoms with van der Waals surface area (Å²) in [4.78, 5) is 1.08. The zero-order chi connectivity index (χ0) is 8.27. The Morgan fingerprint density at radius 3 is 2.82 bits per heavy atom. The first-order valence-electron chi connectivity index (χ1n) is 3.21. The smallest absolute Gasteiger partial charge is 0.0693 e. The molecule has 0 aliphatic carbocycles. The number of aliphatic hydroxyl groups excluding tert-OH is 1. The molecule has 0 amide bonds. The number of hydrogen-bond acceptors (Lipinski definition) is 2. The van der Waals surface area contributed by atoms with Gasteiger partial charge in [-0.15, -0.1) is 11.8 Å². The van der Waals surface area contributed by atoms with Crippen molar-refractivity contribution in [1.82, 2.24) is 0 Å². The number of aliphatic hydroxyl groups is 1. The molecule has 1 aromatic rings. The van der Waals surface area contributed by atoms with Gasteiger partial charge in [-0.25, -0.2) is 0 Å². The van der Waals surface area contributed by atoms with Gasteiger partial charge in [0.05, 0.1) is 6.61 Å². The molecule has 1 nitrogen and oxygen atoms in total. The molecular weight excluding hydrogens is 180 g/mol. The van der Waals surface area contributed by atoms with E-state index in [4.69, 9.17) is 16.7 Å². The predicted octanol–water partition coefficient (Wildman–Crippen LogP) is 2.55. The first-order chi connectivity index (χ1) is 5.27. The molecule has 0 saturated carbocycles. The van der Waals surface area contributed by atoms with E-state index >= 15 is 0 Å². The summed E-state index contributed by atoms with van der Waals surface area (Å²) in [7, 11) is 0. The van der Waals surface area contributed by atoms with Crippen LogP contribution in [0.4, 0.5) is 0 Å². The van der Waals surface area contributed by atoms with Crippen molar-refractivity contribution >= 4 is 23.4 Å². The lowest BCUT2D eigenvalue weighted by Crippen LogP contribution is -1.85. The van der Waals surface area contributed by atoms with Gasteiger partial charge in [0, 0.05) is 9.92 Å². The van der Waals surface area contributed by atoms with Crippen molar-refractivity contribution in [2.24, 2.45) is 0 Å². The van der Waals surface area contributed by atoms with E-state index in [1.165, 1.54) is 0 Å². The van der Waals surface area contributed by atoms with Gasteiger partial charge in [-0.1, -0.05) is 11.6 Å². The summed E-state index contributed by atoms with van der Waals surface area (Å²) in [6.45, 7) is 0.0523. The molecule has 1 N–H and O–H groups in total. The topological polar surface area (TPSA) is 20.2 Å². The highest BCUT2D eigenvalue weighted by molar-refractivity contribution is 7.98. The maximum Gasteiger partial charge on any atom is 0.0693 e. The Hall–Kier alpha value is -0.180. The van der Waals surface area contributed by atoms with Crippen LogP contribution in [0.1, 0.15) is 5.56 Å². The van der Waals surface area contributed by atoms with E-state index in [2.05, 4.69) is 0 Å². The van der Waals surface area contributed by atoms with Crippen molar-refractivity contribution in [1.29, 1.82) is 0 Å². The van der Waals surface area contributed by atoms with Crippen LogP contribution in [-0.4, -0.2) is 11.4 Å². The summed E-state index contributed by atoms with van der Waals surface area (Å²) >= 11 is 7.34. The second kappa shape index (κ2) is 4.00. The maximum absolute atomic E-state index is 8.90. The highest BCUT2D eigenvalue weighted by Gasteiger charge is 1.99. The Bertz CT molecular complexity index is 250. The average molecular weight is 189 g/mol. The number of hydrogen-bond donors (Lipinski definition) is 1. The van der Waals surface area contributed by atoms with Gasteiger partial charge in [-0.3, -0.25) is 0 Å². The second-order valence-corrected chi connectivity index (χ2v) is 3.40. The number of halogens is 1. The molecule has 0 aromatic heterocycles. The minimum Gasteiger partial charge on any atom is -0.392 e. The van der Waals surface area contributed by atoms with Crippen LogP contribution in [0.2, 0.25) is 5.02 Å². The Morgan fingerprint density at radius 2 is 2.27 bits per heavy atom. The molecule has 1 rings (SSSR count). The highest BCUT2D eigenvalue weighted by atomic mass is 35.5. The third-order valence-corrected chi connectivity index (χ3v) is 2.49. The van der Waals surface area contributed by atoms with Crippen LogP contribution in [0, 0.1) is 0 Å². The Labute approximate surface area is 75.4 Å². The standard InChI is InChI=1S/C8H9ClOS/c1-11-8-3-2-7(9)4-6(8)5-10/h2-4,10H,5H2,1H3. The molecule has 0 spiro atoms. The van der Waals surface area contributed by atoms with Crippen molar-refractivity contribution < 1.29 is 5.11 Å². The summed E-state index contributed by atoms with van der Waals surface area (Å²) in [5, 5.41) is 9.58. The minimum absolute atomic E-state index is 0.0523. The fourth-order valence-electron chi connectivity index (χ4n) is 0.871. The monoisotopic (exact) mass is 188 g/mol. The van der Waals surface area contributed by atoms with Crippen molar-refractivity contribution in [2.75, 3.05) is 6.26 Å². The predicted molar refractivity (Wildman–Crippen MR) is 49.2 cm³/mol. The third-order valence-electron chi connectivity index (χ3n) is 1.41. The molecule has 0 aliphatic rings. The fraction of sp³-hybridized carbons (Fsp3) is 0.250. The maximum atomic E-state index is 8.90. The zero-order valence-electron chi connectivity index (χ0n) is 6.17. The largest absolute Gasteiger partial charge is 0.392 e. The number of benzene rings is 1. The first-order valence-corrected chi connectivity index (χ1v) is 4.81. The van der Waals surface area contributed by atoms with Gasteiger partial charge in [0.1, 0.15) is 0 Å². The van der Waals surface area contributed by atoms with E-state index in [-0.39, 0.29) is 6.61 Å². The van der Waals surface area contributed by atoms with Gasteiger partial charge in [0.2, 0.25) is 0 Å². The molecule has 0 unspecified atom stereocenters. The second-order valence-electron chi connectivity index (χ2n) is 2.11. The fourth-order valence-corrected chi connectivity index (χ4v) is 1.66. The van der Waals surface area contributed by atoms with Crippen LogP contribution < -0.4 is 0 Å². The Kier molecular flexibility index (Phi) is 3.24. The van der Waals surface area contributed by atoms with Gasteiger partial charge in [0.15, 0.2) is 0 Å². The number of rotatable bonds is 2. The van der Waals surface area contributed by atoms with Crippen molar-refractivity contribution in [3.05, 3.63) is 28.8 Å². The number of thioether (sulfide) groups is 1. The highest BCUT2D eigenvalue weighted by Crippen LogP contribution is 2.23. The lowest BCUT2D eigenvalue weighted by molar-refractivity contribution is 0.279. The van der Waals surface area contributed by atoms with E-state index in [9.17, 15) is 0 Å². The SMILES string of the molecule is CSc1ccc(Cl)cc1CO. The molecule has 0 aliphatic heterocycles. The van der Waals surface area contributed by atoms with Crippen LogP contribution in [0.25, 0.3) is 0 Å². The minimum atomic E-state index is 0.0523. The van der Waals surface area contributed by atoms with Gasteiger partial charge in [-0.2, -0.15) is 0 Å². The lowest BCUT2D eigenvalue weighted by atomic mass is 10.2. The van der Waals surface area contributed by atoms with Crippen LogP contribution in [0.15, 0.2) is 23.1 Å². The molecule has 0 bridgehead atoms. The molecule has 11 heavy (non-hydrogen) atoms. The first kappa shape index (κ1) is 8.91. The van der Waals surface area contributed by atoms with E-state index in [0.29, 0.717) is 5.02 Å². The molecule has 1 aromatic carbocycles. The van der Waals surface area contributed by atoms with Crippen LogP contribution in [0.3, 0.4) is 0 Å². The summed E-state index contributed by atoms with van der Waals surface area (Å²) < 4.78 is 0. The molecule has 0 atom stereocenters. The van der Waals surface area contributed by atoms with Crippen LogP contribution in [-0.2, 0) is 6.61 Å². The molecular formula is C8H9ClOS. The van der Waals surface area contributed by atoms with Gasteiger partial charge in [0.25, 0.3) is 0 Å². The third kappa shape index (κ3) is 2.12. The molecule has 0 saturated heterocycles. The lowest BCUT2D eigenvalue weighted by Gasteiger charge is -2.03. The molecule has 0 fully saturated rings. The van der Waals surface area contributed by atoms with E-state index in [1.54, 1.807) is 17.8 Å². The normalized spacial score (nSPS) is 10.1. The zero-order valence-corrected chi connectivity index (χ0v) is 7.75. The molecule has 0 heterocycles. The molecule has 60 valence electrons. The van der Waals surface area contributed by atoms with Gasteiger partial charge < -0.3 is 5.11 Å². The Balaban J connectivity index is 3.06. The average Bonchev–Trinajstić information content (AvgIpc) is 2.04. The van der Waals surface area contributed by atoms with Crippen LogP contribution >= 0.6 is 23.4 Å².